The van der Waals surface area contributed by atoms with Crippen LogP contribution in [-0.4, -0.2) is 37.3 Å². The average Bonchev–Trinajstić information content (AvgIpc) is 1.93. The second-order valence-corrected chi connectivity index (χ2v) is 3.04. The van der Waals surface area contributed by atoms with Gasteiger partial charge in [-0.1, -0.05) is 13.8 Å². The fourth-order valence-electron chi connectivity index (χ4n) is 0.368. The first-order valence-electron chi connectivity index (χ1n) is 3.52. The monoisotopic (exact) mass is 165 g/mol. The lowest BCUT2D eigenvalue weighted by atomic mass is 10.7. The molecule has 0 saturated heterocycles. The van der Waals surface area contributed by atoms with Crippen molar-refractivity contribution in [1.29, 1.82) is 0 Å². The predicted molar refractivity (Wildman–Crippen MR) is 46.8 cm³/mol. The molecule has 0 aliphatic heterocycles. The first-order valence-corrected chi connectivity index (χ1v) is 4.67. The van der Waals surface area contributed by atoms with E-state index in [1.807, 2.05) is 0 Å². The zero-order chi connectivity index (χ0) is 8.24. The average molecular weight is 165 g/mol. The van der Waals surface area contributed by atoms with Gasteiger partial charge in [-0.2, -0.15) is 0 Å². The standard InChI is InChI=1S/C4H11N.C2H8O2Si/c2*1-3-5-4-2/h5H,3-4H2,1-2H3;5H2,1-2H3. The summed E-state index contributed by atoms with van der Waals surface area (Å²) in [7, 11) is 2.73. The fraction of sp³-hybridized carbons (Fsp3) is 1.00. The lowest BCUT2D eigenvalue weighted by Gasteiger charge is -1.86. The lowest BCUT2D eigenvalue weighted by molar-refractivity contribution is 0.309. The zero-order valence-electron chi connectivity index (χ0n) is 7.44. The van der Waals surface area contributed by atoms with Gasteiger partial charge in [0.25, 0.3) is 0 Å². The topological polar surface area (TPSA) is 30.5 Å². The Balaban J connectivity index is 0. The Bertz CT molecular complexity index is 36.7. The Morgan fingerprint density at radius 2 is 1.50 bits per heavy atom. The van der Waals surface area contributed by atoms with Crippen LogP contribution < -0.4 is 5.32 Å². The highest BCUT2D eigenvalue weighted by atomic mass is 28.3. The van der Waals surface area contributed by atoms with Crippen molar-refractivity contribution >= 4 is 10.0 Å². The molecule has 0 aliphatic carbocycles. The highest BCUT2D eigenvalue weighted by Gasteiger charge is 1.67. The molecule has 0 bridgehead atoms. The molecule has 3 nitrogen and oxygen atoms in total. The molecule has 0 aliphatic rings. The SMILES string of the molecule is CCNCC.CO[SiH2]OC. The highest BCUT2D eigenvalue weighted by Crippen LogP contribution is 1.55. The van der Waals surface area contributed by atoms with Gasteiger partial charge in [0.05, 0.1) is 0 Å². The summed E-state index contributed by atoms with van der Waals surface area (Å²) < 4.78 is 9.22. The van der Waals surface area contributed by atoms with Gasteiger partial charge < -0.3 is 14.2 Å². The van der Waals surface area contributed by atoms with Gasteiger partial charge in [0.1, 0.15) is 0 Å². The molecule has 0 aromatic heterocycles. The van der Waals surface area contributed by atoms with E-state index in [0.29, 0.717) is 0 Å². The van der Waals surface area contributed by atoms with Gasteiger partial charge in [-0.15, -0.1) is 0 Å². The van der Waals surface area contributed by atoms with Crippen molar-refractivity contribution in [3.05, 3.63) is 0 Å². The minimum absolute atomic E-state index is 0.568. The van der Waals surface area contributed by atoms with Crippen LogP contribution in [0.25, 0.3) is 0 Å². The number of hydrogen-bond acceptors (Lipinski definition) is 3. The van der Waals surface area contributed by atoms with Crippen molar-refractivity contribution in [2.24, 2.45) is 0 Å². The Kier molecular flexibility index (Phi) is 20.4. The van der Waals surface area contributed by atoms with E-state index in [1.54, 1.807) is 14.2 Å². The second-order valence-electron chi connectivity index (χ2n) is 1.65. The van der Waals surface area contributed by atoms with E-state index in [0.717, 1.165) is 13.1 Å². The van der Waals surface area contributed by atoms with Gasteiger partial charge in [0.15, 0.2) is 0 Å². The van der Waals surface area contributed by atoms with Crippen LogP contribution in [0.4, 0.5) is 0 Å². The van der Waals surface area contributed by atoms with E-state index in [4.69, 9.17) is 0 Å². The van der Waals surface area contributed by atoms with Crippen molar-refractivity contribution in [2.75, 3.05) is 27.3 Å². The van der Waals surface area contributed by atoms with Crippen LogP contribution in [0.3, 0.4) is 0 Å². The quantitative estimate of drug-likeness (QED) is 0.590. The second kappa shape index (κ2) is 16.0. The van der Waals surface area contributed by atoms with E-state index in [1.165, 1.54) is 0 Å². The van der Waals surface area contributed by atoms with Crippen LogP contribution in [0.2, 0.25) is 0 Å². The molecular weight excluding hydrogens is 146 g/mol. The van der Waals surface area contributed by atoms with Crippen molar-refractivity contribution in [2.45, 2.75) is 13.8 Å². The molecule has 0 fully saturated rings. The summed E-state index contributed by atoms with van der Waals surface area (Å²) in [5.41, 5.74) is 0. The lowest BCUT2D eigenvalue weighted by Crippen LogP contribution is -2.09. The Morgan fingerprint density at radius 1 is 1.10 bits per heavy atom. The number of hydrogen-bond donors (Lipinski definition) is 1. The molecule has 64 valence electrons. The minimum Gasteiger partial charge on any atom is -0.402 e. The van der Waals surface area contributed by atoms with Crippen LogP contribution in [0.15, 0.2) is 0 Å². The molecule has 4 heteroatoms. The van der Waals surface area contributed by atoms with Crippen LogP contribution in [0, 0.1) is 0 Å². The first-order chi connectivity index (χ1) is 4.83. The maximum Gasteiger partial charge on any atom is 0.303 e. The van der Waals surface area contributed by atoms with E-state index >= 15 is 0 Å². The molecule has 0 aromatic rings. The normalized spacial score (nSPS) is 8.40. The van der Waals surface area contributed by atoms with Crippen molar-refractivity contribution in [1.82, 2.24) is 5.32 Å². The number of rotatable bonds is 4. The van der Waals surface area contributed by atoms with Crippen LogP contribution in [-0.2, 0) is 8.85 Å². The van der Waals surface area contributed by atoms with E-state index in [-0.39, 0.29) is 0 Å². The van der Waals surface area contributed by atoms with Gasteiger partial charge in [-0.05, 0) is 13.1 Å². The third kappa shape index (κ3) is 24.3. The van der Waals surface area contributed by atoms with Crippen LogP contribution in [0.1, 0.15) is 13.8 Å². The maximum atomic E-state index is 4.61. The summed E-state index contributed by atoms with van der Waals surface area (Å²) in [6.45, 7) is 6.39. The van der Waals surface area contributed by atoms with Crippen molar-refractivity contribution < 1.29 is 8.85 Å². The fourth-order valence-corrected chi connectivity index (χ4v) is 0.604. The maximum absolute atomic E-state index is 4.61. The molecule has 0 saturated carbocycles. The summed E-state index contributed by atoms with van der Waals surface area (Å²) in [4.78, 5) is 0. The summed E-state index contributed by atoms with van der Waals surface area (Å²) >= 11 is 0. The third-order valence-electron chi connectivity index (χ3n) is 0.736. The summed E-state index contributed by atoms with van der Waals surface area (Å²) in [5, 5.41) is 3.11. The summed E-state index contributed by atoms with van der Waals surface area (Å²) in [6.07, 6.45) is 0. The largest absolute Gasteiger partial charge is 0.402 e. The molecule has 0 unspecified atom stereocenters. The smallest absolute Gasteiger partial charge is 0.303 e. The first kappa shape index (κ1) is 12.7. The van der Waals surface area contributed by atoms with E-state index in [9.17, 15) is 0 Å². The summed E-state index contributed by atoms with van der Waals surface area (Å²) in [5.74, 6) is 0. The molecular formula is C6H19NO2Si. The van der Waals surface area contributed by atoms with Crippen molar-refractivity contribution in [3.8, 4) is 0 Å². The Labute approximate surface area is 66.2 Å². The minimum atomic E-state index is -0.568. The predicted octanol–water partition coefficient (Wildman–Crippen LogP) is -0.106. The van der Waals surface area contributed by atoms with Crippen molar-refractivity contribution in [3.63, 3.8) is 0 Å². The molecule has 0 amide bonds. The Morgan fingerprint density at radius 3 is 1.50 bits per heavy atom. The summed E-state index contributed by atoms with van der Waals surface area (Å²) in [6, 6.07) is 0. The Hall–Kier alpha value is 0.0969. The highest BCUT2D eigenvalue weighted by molar-refractivity contribution is 6.17. The molecule has 0 heterocycles. The molecule has 1 N–H and O–H groups in total. The van der Waals surface area contributed by atoms with E-state index < -0.39 is 10.0 Å². The molecule has 0 aromatic carbocycles. The van der Waals surface area contributed by atoms with Crippen LogP contribution in [0.5, 0.6) is 0 Å². The molecule has 0 rings (SSSR count). The van der Waals surface area contributed by atoms with E-state index in [2.05, 4.69) is 28.0 Å². The molecule has 0 atom stereocenters. The van der Waals surface area contributed by atoms with Crippen LogP contribution >= 0.6 is 0 Å². The van der Waals surface area contributed by atoms with Gasteiger partial charge in [-0.25, -0.2) is 0 Å². The number of nitrogens with one attached hydrogen (secondary N) is 1. The van der Waals surface area contributed by atoms with Gasteiger partial charge in [-0.3, -0.25) is 0 Å². The van der Waals surface area contributed by atoms with Gasteiger partial charge in [0, 0.05) is 14.2 Å². The zero-order valence-corrected chi connectivity index (χ0v) is 8.85. The molecule has 10 heavy (non-hydrogen) atoms. The molecule has 0 radical (unpaired) electrons. The van der Waals surface area contributed by atoms with Gasteiger partial charge in [0.2, 0.25) is 0 Å². The molecule has 0 spiro atoms. The van der Waals surface area contributed by atoms with Gasteiger partial charge >= 0.3 is 10.0 Å². The third-order valence-corrected chi connectivity index (χ3v) is 1.21.